The molecule has 42 heavy (non-hydrogen) atoms. The largest absolute Gasteiger partial charge is 0.465 e. The van der Waals surface area contributed by atoms with Gasteiger partial charge in [0.05, 0.1) is 32.0 Å². The molecule has 2 amide bonds. The van der Waals surface area contributed by atoms with Gasteiger partial charge in [-0.1, -0.05) is 54.6 Å². The fourth-order valence-electron chi connectivity index (χ4n) is 5.47. The first-order chi connectivity index (χ1) is 20.1. The van der Waals surface area contributed by atoms with Crippen molar-refractivity contribution in [1.82, 2.24) is 10.6 Å². The van der Waals surface area contributed by atoms with Gasteiger partial charge in [-0.05, 0) is 22.3 Å². The van der Waals surface area contributed by atoms with E-state index in [9.17, 15) is 29.7 Å². The van der Waals surface area contributed by atoms with Crippen LogP contribution in [0.4, 0.5) is 4.79 Å². The average molecular weight is 585 g/mol. The van der Waals surface area contributed by atoms with E-state index >= 15 is 0 Å². The minimum Gasteiger partial charge on any atom is -0.465 e. The second kappa shape index (κ2) is 13.4. The van der Waals surface area contributed by atoms with Crippen LogP contribution in [0.3, 0.4) is 0 Å². The van der Waals surface area contributed by atoms with Crippen LogP contribution in [0.15, 0.2) is 61.2 Å². The Hall–Kier alpha value is -3.81. The van der Waals surface area contributed by atoms with Crippen LogP contribution in [0, 0.1) is 0 Å². The van der Waals surface area contributed by atoms with E-state index in [2.05, 4.69) is 17.2 Å². The molecule has 226 valence electrons. The predicted octanol–water partition coefficient (Wildman–Crippen LogP) is 0.973. The highest BCUT2D eigenvalue weighted by Crippen LogP contribution is 2.44. The van der Waals surface area contributed by atoms with Crippen molar-refractivity contribution < 1.29 is 48.7 Å². The molecule has 1 aliphatic heterocycles. The maximum absolute atomic E-state index is 12.6. The fraction of sp³-hybridized carbons (Fsp3) is 0.433. The highest BCUT2D eigenvalue weighted by Gasteiger charge is 2.56. The van der Waals surface area contributed by atoms with Gasteiger partial charge in [-0.25, -0.2) is 9.59 Å². The normalized spacial score (nSPS) is 24.5. The molecule has 0 spiro atoms. The smallest absolute Gasteiger partial charge is 0.407 e. The third kappa shape index (κ3) is 6.48. The average Bonchev–Trinajstić information content (AvgIpc) is 3.31. The van der Waals surface area contributed by atoms with Gasteiger partial charge in [-0.2, -0.15) is 0 Å². The Morgan fingerprint density at radius 3 is 2.31 bits per heavy atom. The molecule has 6 atom stereocenters. The van der Waals surface area contributed by atoms with E-state index in [0.29, 0.717) is 0 Å². The number of aliphatic hydroxyl groups is 3. The molecule has 0 bridgehead atoms. The van der Waals surface area contributed by atoms with E-state index in [1.54, 1.807) is 0 Å². The highest BCUT2D eigenvalue weighted by molar-refractivity contribution is 5.79. The van der Waals surface area contributed by atoms with Crippen molar-refractivity contribution in [2.75, 3.05) is 26.9 Å². The number of rotatable bonds is 11. The van der Waals surface area contributed by atoms with E-state index < -0.39 is 67.2 Å². The lowest BCUT2D eigenvalue weighted by Crippen LogP contribution is -2.68. The predicted molar refractivity (Wildman–Crippen MR) is 149 cm³/mol. The van der Waals surface area contributed by atoms with Gasteiger partial charge in [0.2, 0.25) is 5.91 Å². The van der Waals surface area contributed by atoms with Crippen molar-refractivity contribution in [1.29, 1.82) is 0 Å². The Labute approximate surface area is 243 Å². The highest BCUT2D eigenvalue weighted by atomic mass is 16.7. The number of alkyl carbamates (subject to hydrolysis) is 1. The van der Waals surface area contributed by atoms with Crippen molar-refractivity contribution in [2.45, 2.75) is 55.5 Å². The van der Waals surface area contributed by atoms with Gasteiger partial charge < -0.3 is 44.9 Å². The second-order valence-corrected chi connectivity index (χ2v) is 10.2. The van der Waals surface area contributed by atoms with Gasteiger partial charge >= 0.3 is 12.1 Å². The molecule has 1 saturated heterocycles. The topological polar surface area (TPSA) is 173 Å². The van der Waals surface area contributed by atoms with Crippen molar-refractivity contribution >= 4 is 18.0 Å². The van der Waals surface area contributed by atoms with Gasteiger partial charge in [0.15, 0.2) is 0 Å². The fourth-order valence-corrected chi connectivity index (χ4v) is 5.47. The molecule has 2 aromatic carbocycles. The number of ether oxygens (including phenoxy) is 4. The van der Waals surface area contributed by atoms with E-state index in [0.717, 1.165) is 29.4 Å². The van der Waals surface area contributed by atoms with Gasteiger partial charge in [0.25, 0.3) is 5.79 Å². The first kappa shape index (κ1) is 31.1. The molecule has 4 rings (SSSR count). The third-order valence-electron chi connectivity index (χ3n) is 7.40. The van der Waals surface area contributed by atoms with Crippen LogP contribution in [0.1, 0.15) is 30.4 Å². The Balaban J connectivity index is 1.41. The summed E-state index contributed by atoms with van der Waals surface area (Å²) in [5.41, 5.74) is 4.21. The van der Waals surface area contributed by atoms with Crippen molar-refractivity contribution in [3.05, 3.63) is 72.3 Å². The van der Waals surface area contributed by atoms with Gasteiger partial charge in [-0.3, -0.25) is 4.79 Å². The maximum Gasteiger partial charge on any atom is 0.407 e. The summed E-state index contributed by atoms with van der Waals surface area (Å²) in [6, 6.07) is 14.5. The molecule has 12 heteroatoms. The summed E-state index contributed by atoms with van der Waals surface area (Å²) in [6.45, 7) is 4.13. The van der Waals surface area contributed by atoms with Crippen LogP contribution in [-0.4, -0.2) is 96.4 Å². The lowest BCUT2D eigenvalue weighted by atomic mass is 9.88. The molecule has 1 fully saturated rings. The molecule has 0 radical (unpaired) electrons. The summed E-state index contributed by atoms with van der Waals surface area (Å²) in [6.07, 6.45) is -6.36. The molecule has 0 saturated carbocycles. The quantitative estimate of drug-likeness (QED) is 0.189. The van der Waals surface area contributed by atoms with Gasteiger partial charge in [0.1, 0.15) is 18.8 Å². The number of nitrogens with one attached hydrogen (secondary N) is 2. The number of benzene rings is 2. The Morgan fingerprint density at radius 1 is 1.12 bits per heavy atom. The lowest BCUT2D eigenvalue weighted by molar-refractivity contribution is -0.308. The van der Waals surface area contributed by atoms with E-state index in [1.165, 1.54) is 13.0 Å². The van der Waals surface area contributed by atoms with E-state index in [-0.39, 0.29) is 19.1 Å². The first-order valence-corrected chi connectivity index (χ1v) is 13.5. The van der Waals surface area contributed by atoms with Gasteiger partial charge in [0, 0.05) is 25.8 Å². The zero-order valence-corrected chi connectivity index (χ0v) is 23.4. The summed E-state index contributed by atoms with van der Waals surface area (Å²) < 4.78 is 21.6. The van der Waals surface area contributed by atoms with Gasteiger partial charge in [-0.15, -0.1) is 6.58 Å². The van der Waals surface area contributed by atoms with Crippen LogP contribution < -0.4 is 10.6 Å². The number of esters is 1. The van der Waals surface area contributed by atoms with Crippen LogP contribution in [0.5, 0.6) is 0 Å². The molecule has 1 aliphatic carbocycles. The summed E-state index contributed by atoms with van der Waals surface area (Å²) >= 11 is 0. The summed E-state index contributed by atoms with van der Waals surface area (Å²) in [5, 5.41) is 37.5. The molecule has 12 nitrogen and oxygen atoms in total. The number of hydrogen-bond donors (Lipinski definition) is 5. The molecule has 0 aromatic heterocycles. The SMILES string of the molecule is C=CCOC1(C(=O)OC)CC(O)C(NC(C)=O)C(C(O)C(O)CNC(=O)OCC2c3ccccc3-c3ccccc32)O1. The molecule has 2 aromatic rings. The van der Waals surface area contributed by atoms with Crippen LogP contribution in [0.2, 0.25) is 0 Å². The Kier molecular flexibility index (Phi) is 9.97. The summed E-state index contributed by atoms with van der Waals surface area (Å²) in [5.74, 6) is -3.86. The van der Waals surface area contributed by atoms with Crippen LogP contribution in [-0.2, 0) is 28.5 Å². The number of carbonyl (C=O) groups excluding carboxylic acids is 3. The second-order valence-electron chi connectivity index (χ2n) is 10.2. The van der Waals surface area contributed by atoms with Crippen molar-refractivity contribution in [3.63, 3.8) is 0 Å². The molecular weight excluding hydrogens is 548 g/mol. The number of methoxy groups -OCH3 is 1. The van der Waals surface area contributed by atoms with E-state index in [4.69, 9.17) is 18.9 Å². The number of amides is 2. The number of carbonyl (C=O) groups is 3. The molecule has 2 aliphatic rings. The zero-order valence-electron chi connectivity index (χ0n) is 23.4. The monoisotopic (exact) mass is 584 g/mol. The van der Waals surface area contributed by atoms with Crippen molar-refractivity contribution in [3.8, 4) is 11.1 Å². The van der Waals surface area contributed by atoms with Crippen LogP contribution >= 0.6 is 0 Å². The Bertz CT molecular complexity index is 1260. The zero-order chi connectivity index (χ0) is 30.4. The standard InChI is InChI=1S/C30H36N2O10/c1-4-13-41-30(28(37)39-3)14-23(34)25(32-17(2)33)27(42-30)26(36)24(35)15-31-29(38)40-16-22-20-11-7-5-9-18(20)19-10-6-8-12-21(19)22/h4-12,22-27,34-36H,1,13-16H2,2-3H3,(H,31,38)(H,32,33). The first-order valence-electron chi connectivity index (χ1n) is 13.5. The number of hydrogen-bond acceptors (Lipinski definition) is 10. The van der Waals surface area contributed by atoms with E-state index in [1.807, 2.05) is 48.5 Å². The molecular formula is C30H36N2O10. The number of fused-ring (bicyclic) bond motifs is 3. The van der Waals surface area contributed by atoms with Crippen molar-refractivity contribution in [2.24, 2.45) is 0 Å². The lowest BCUT2D eigenvalue weighted by Gasteiger charge is -2.46. The molecule has 1 heterocycles. The van der Waals surface area contributed by atoms with Crippen LogP contribution in [0.25, 0.3) is 11.1 Å². The summed E-state index contributed by atoms with van der Waals surface area (Å²) in [4.78, 5) is 37.1. The molecule has 6 unspecified atom stereocenters. The minimum absolute atomic E-state index is 0.0450. The summed E-state index contributed by atoms with van der Waals surface area (Å²) in [7, 11) is 1.09. The minimum atomic E-state index is -2.15. The third-order valence-corrected chi connectivity index (χ3v) is 7.40. The number of aliphatic hydroxyl groups excluding tert-OH is 3. The maximum atomic E-state index is 12.6. The molecule has 5 N–H and O–H groups in total. The Morgan fingerprint density at radius 2 is 1.74 bits per heavy atom.